The number of anilines is 2. The first-order chi connectivity index (χ1) is 14.3. The van der Waals surface area contributed by atoms with E-state index in [1.54, 1.807) is 38.5 Å². The Morgan fingerprint density at radius 3 is 2.47 bits per heavy atom. The molecule has 0 bridgehead atoms. The lowest BCUT2D eigenvalue weighted by Gasteiger charge is -2.26. The molecule has 1 aromatic heterocycles. The lowest BCUT2D eigenvalue weighted by molar-refractivity contribution is -0.130. The van der Waals surface area contributed by atoms with Gasteiger partial charge in [-0.3, -0.25) is 14.6 Å². The highest BCUT2D eigenvalue weighted by Gasteiger charge is 2.30. The van der Waals surface area contributed by atoms with E-state index in [-0.39, 0.29) is 23.7 Å². The van der Waals surface area contributed by atoms with Crippen LogP contribution < -0.4 is 10.6 Å². The molecular formula is C22H26N6O2. The highest BCUT2D eigenvalue weighted by Crippen LogP contribution is 2.30. The third-order valence-electron chi connectivity index (χ3n) is 4.97. The zero-order chi connectivity index (χ0) is 21.8. The molecule has 0 spiro atoms. The van der Waals surface area contributed by atoms with Crippen molar-refractivity contribution < 1.29 is 9.59 Å². The number of nitrogens with one attached hydrogen (secondary N) is 2. The van der Waals surface area contributed by atoms with E-state index in [4.69, 9.17) is 0 Å². The quantitative estimate of drug-likeness (QED) is 0.731. The molecule has 1 aliphatic rings. The number of benzene rings is 1. The number of nitriles is 1. The second-order valence-electron chi connectivity index (χ2n) is 8.02. The van der Waals surface area contributed by atoms with Gasteiger partial charge < -0.3 is 15.5 Å². The van der Waals surface area contributed by atoms with Crippen molar-refractivity contribution in [2.24, 2.45) is 11.8 Å². The molecule has 2 aromatic rings. The van der Waals surface area contributed by atoms with Gasteiger partial charge in [0.1, 0.15) is 12.1 Å². The molecule has 1 aliphatic carbocycles. The summed E-state index contributed by atoms with van der Waals surface area (Å²) in [4.78, 5) is 34.6. The van der Waals surface area contributed by atoms with E-state index >= 15 is 0 Å². The summed E-state index contributed by atoms with van der Waals surface area (Å²) in [5, 5.41) is 15.5. The fourth-order valence-electron chi connectivity index (χ4n) is 3.00. The van der Waals surface area contributed by atoms with Crippen molar-refractivity contribution in [1.82, 2.24) is 14.9 Å². The van der Waals surface area contributed by atoms with Crippen LogP contribution in [0.4, 0.5) is 11.5 Å². The molecule has 156 valence electrons. The first kappa shape index (κ1) is 21.2. The number of likely N-dealkylation sites (N-methyl/N-ethyl adjacent to an activating group) is 1. The molecule has 1 saturated carbocycles. The Bertz CT molecular complexity index is 974. The van der Waals surface area contributed by atoms with Crippen LogP contribution in [-0.4, -0.2) is 46.8 Å². The molecule has 2 amide bonds. The number of rotatable bonds is 7. The SMILES string of the molecule is CC(C)[C@H](Nc1cc(-c2cnc(NC(=O)C3CC3)cn2)ccc1C#N)C(=O)N(C)C. The van der Waals surface area contributed by atoms with Crippen LogP contribution in [-0.2, 0) is 9.59 Å². The summed E-state index contributed by atoms with van der Waals surface area (Å²) in [6, 6.07) is 6.97. The molecule has 0 unspecified atom stereocenters. The molecule has 0 saturated heterocycles. The number of nitrogens with zero attached hydrogens (tertiary/aromatic N) is 4. The van der Waals surface area contributed by atoms with Crippen molar-refractivity contribution >= 4 is 23.3 Å². The Morgan fingerprint density at radius 2 is 1.93 bits per heavy atom. The third-order valence-corrected chi connectivity index (χ3v) is 4.97. The van der Waals surface area contributed by atoms with E-state index in [1.165, 1.54) is 11.1 Å². The number of hydrogen-bond donors (Lipinski definition) is 2. The van der Waals surface area contributed by atoms with Crippen molar-refractivity contribution in [3.05, 3.63) is 36.2 Å². The Labute approximate surface area is 176 Å². The number of carbonyl (C=O) groups excluding carboxylic acids is 2. The van der Waals surface area contributed by atoms with Gasteiger partial charge in [0, 0.05) is 25.6 Å². The summed E-state index contributed by atoms with van der Waals surface area (Å²) < 4.78 is 0. The van der Waals surface area contributed by atoms with Crippen molar-refractivity contribution in [2.45, 2.75) is 32.7 Å². The maximum Gasteiger partial charge on any atom is 0.244 e. The lowest BCUT2D eigenvalue weighted by atomic mass is 10.0. The van der Waals surface area contributed by atoms with Crippen LogP contribution in [0, 0.1) is 23.2 Å². The lowest BCUT2D eigenvalue weighted by Crippen LogP contribution is -2.42. The van der Waals surface area contributed by atoms with Crippen molar-refractivity contribution in [3.63, 3.8) is 0 Å². The zero-order valence-corrected chi connectivity index (χ0v) is 17.6. The van der Waals surface area contributed by atoms with Gasteiger partial charge in [0.15, 0.2) is 5.82 Å². The van der Waals surface area contributed by atoms with Gasteiger partial charge in [-0.25, -0.2) is 4.98 Å². The number of hydrogen-bond acceptors (Lipinski definition) is 6. The van der Waals surface area contributed by atoms with E-state index in [1.807, 2.05) is 13.8 Å². The van der Waals surface area contributed by atoms with Gasteiger partial charge in [-0.2, -0.15) is 5.26 Å². The van der Waals surface area contributed by atoms with Gasteiger partial charge in [0.25, 0.3) is 0 Å². The Balaban J connectivity index is 1.83. The van der Waals surface area contributed by atoms with Crippen LogP contribution in [0.3, 0.4) is 0 Å². The van der Waals surface area contributed by atoms with Gasteiger partial charge >= 0.3 is 0 Å². The van der Waals surface area contributed by atoms with Gasteiger partial charge in [-0.05, 0) is 30.9 Å². The fraction of sp³-hybridized carbons (Fsp3) is 0.409. The maximum absolute atomic E-state index is 12.5. The number of carbonyl (C=O) groups is 2. The van der Waals surface area contributed by atoms with Crippen LogP contribution >= 0.6 is 0 Å². The van der Waals surface area contributed by atoms with Crippen molar-refractivity contribution in [3.8, 4) is 17.3 Å². The Morgan fingerprint density at radius 1 is 1.20 bits per heavy atom. The van der Waals surface area contributed by atoms with Crippen LogP contribution in [0.2, 0.25) is 0 Å². The largest absolute Gasteiger partial charge is 0.372 e. The normalized spacial score (nSPS) is 14.0. The van der Waals surface area contributed by atoms with Crippen LogP contribution in [0.5, 0.6) is 0 Å². The van der Waals surface area contributed by atoms with E-state index < -0.39 is 6.04 Å². The van der Waals surface area contributed by atoms with Crippen molar-refractivity contribution in [2.75, 3.05) is 24.7 Å². The molecule has 1 atom stereocenters. The summed E-state index contributed by atoms with van der Waals surface area (Å²) in [6.45, 7) is 3.91. The van der Waals surface area contributed by atoms with Gasteiger partial charge in [-0.1, -0.05) is 19.9 Å². The smallest absolute Gasteiger partial charge is 0.244 e. The van der Waals surface area contributed by atoms with Crippen LogP contribution in [0.1, 0.15) is 32.3 Å². The molecule has 8 heteroatoms. The first-order valence-corrected chi connectivity index (χ1v) is 9.95. The molecule has 1 fully saturated rings. The summed E-state index contributed by atoms with van der Waals surface area (Å²) in [7, 11) is 3.42. The summed E-state index contributed by atoms with van der Waals surface area (Å²) in [5.41, 5.74) is 2.37. The third kappa shape index (κ3) is 4.92. The highest BCUT2D eigenvalue weighted by atomic mass is 16.2. The summed E-state index contributed by atoms with van der Waals surface area (Å²) in [6.07, 6.45) is 4.95. The van der Waals surface area contributed by atoms with Gasteiger partial charge in [-0.15, -0.1) is 0 Å². The minimum atomic E-state index is -0.464. The number of amides is 2. The predicted molar refractivity (Wildman–Crippen MR) is 114 cm³/mol. The first-order valence-electron chi connectivity index (χ1n) is 9.95. The molecule has 1 aromatic carbocycles. The topological polar surface area (TPSA) is 111 Å². The zero-order valence-electron chi connectivity index (χ0n) is 17.6. The Kier molecular flexibility index (Phi) is 6.31. The predicted octanol–water partition coefficient (Wildman–Crippen LogP) is 2.89. The van der Waals surface area contributed by atoms with E-state index in [0.717, 1.165) is 18.4 Å². The monoisotopic (exact) mass is 406 g/mol. The molecule has 3 rings (SSSR count). The summed E-state index contributed by atoms with van der Waals surface area (Å²) >= 11 is 0. The standard InChI is InChI=1S/C22H26N6O2/c1-13(2)20(22(30)28(3)4)26-17-9-15(7-8-16(17)10-23)18-11-25-19(12-24-18)27-21(29)14-5-6-14/h7-9,11-14,20,26H,5-6H2,1-4H3,(H,25,27,29)/t20-/m0/s1. The minimum absolute atomic E-state index is 0.0211. The molecule has 0 aliphatic heterocycles. The molecule has 0 radical (unpaired) electrons. The van der Waals surface area contributed by atoms with E-state index in [2.05, 4.69) is 26.7 Å². The van der Waals surface area contributed by atoms with E-state index in [0.29, 0.717) is 22.8 Å². The fourth-order valence-corrected chi connectivity index (χ4v) is 3.00. The average Bonchev–Trinajstić information content (AvgIpc) is 3.57. The van der Waals surface area contributed by atoms with Crippen LogP contribution in [0.15, 0.2) is 30.6 Å². The molecule has 30 heavy (non-hydrogen) atoms. The van der Waals surface area contributed by atoms with E-state index in [9.17, 15) is 14.9 Å². The average molecular weight is 406 g/mol. The van der Waals surface area contributed by atoms with Gasteiger partial charge in [0.05, 0.1) is 29.3 Å². The number of aromatic nitrogens is 2. The maximum atomic E-state index is 12.5. The second-order valence-corrected chi connectivity index (χ2v) is 8.02. The van der Waals surface area contributed by atoms with Crippen LogP contribution in [0.25, 0.3) is 11.3 Å². The minimum Gasteiger partial charge on any atom is -0.372 e. The molecule has 2 N–H and O–H groups in total. The second kappa shape index (κ2) is 8.91. The molecule has 8 nitrogen and oxygen atoms in total. The highest BCUT2D eigenvalue weighted by molar-refractivity contribution is 5.93. The summed E-state index contributed by atoms with van der Waals surface area (Å²) in [5.74, 6) is 0.461. The molecule has 1 heterocycles. The Hall–Kier alpha value is -3.47. The molecular weight excluding hydrogens is 380 g/mol. The van der Waals surface area contributed by atoms with Crippen molar-refractivity contribution in [1.29, 1.82) is 5.26 Å². The van der Waals surface area contributed by atoms with Gasteiger partial charge in [0.2, 0.25) is 11.8 Å².